The van der Waals surface area contributed by atoms with Crippen LogP contribution in [0.1, 0.15) is 30.9 Å². The molecule has 1 saturated heterocycles. The van der Waals surface area contributed by atoms with Gasteiger partial charge in [-0.2, -0.15) is 8.78 Å². The van der Waals surface area contributed by atoms with Crippen molar-refractivity contribution in [3.05, 3.63) is 53.7 Å². The monoisotopic (exact) mass is 483 g/mol. The van der Waals surface area contributed by atoms with Gasteiger partial charge in [-0.3, -0.25) is 14.7 Å². The largest absolute Gasteiger partial charge is 0.379 e. The van der Waals surface area contributed by atoms with Gasteiger partial charge in [-0.05, 0) is 24.6 Å². The molecule has 4 rings (SSSR count). The fourth-order valence-corrected chi connectivity index (χ4v) is 3.72. The Morgan fingerprint density at radius 3 is 2.63 bits per heavy atom. The zero-order chi connectivity index (χ0) is 25.0. The minimum atomic E-state index is -3.19. The van der Waals surface area contributed by atoms with Gasteiger partial charge in [-0.15, -0.1) is 0 Å². The molecule has 4 heterocycles. The van der Waals surface area contributed by atoms with Crippen LogP contribution in [0.5, 0.6) is 0 Å². The fraction of sp³-hybridized carbons (Fsp3) is 0.375. The molecular weight excluding hydrogens is 456 g/mol. The van der Waals surface area contributed by atoms with Crippen molar-refractivity contribution in [2.24, 2.45) is 0 Å². The Bertz CT molecular complexity index is 1210. The first-order valence-corrected chi connectivity index (χ1v) is 11.2. The molecule has 0 aromatic carbocycles. The summed E-state index contributed by atoms with van der Waals surface area (Å²) in [5.74, 6) is -3.56. The summed E-state index contributed by atoms with van der Waals surface area (Å²) in [5.41, 5.74) is 3.24. The third-order valence-electron chi connectivity index (χ3n) is 5.33. The Morgan fingerprint density at radius 2 is 1.91 bits per heavy atom. The predicted octanol–water partition coefficient (Wildman–Crippen LogP) is 3.89. The number of pyridine rings is 2. The van der Waals surface area contributed by atoms with Gasteiger partial charge < -0.3 is 15.4 Å². The van der Waals surface area contributed by atoms with Gasteiger partial charge >= 0.3 is 5.92 Å². The van der Waals surface area contributed by atoms with E-state index in [1.807, 2.05) is 12.1 Å². The van der Waals surface area contributed by atoms with Crippen molar-refractivity contribution >= 4 is 23.2 Å². The molecule has 35 heavy (non-hydrogen) atoms. The SMILES string of the molecule is CC(=O)Nc1cc(Nc2cc(C)nc(C(C)(F)F)n2)c(-c2cc(CN3CCOCC3)ccn2)cn1. The van der Waals surface area contributed by atoms with Crippen LogP contribution in [-0.4, -0.2) is 57.0 Å². The highest BCUT2D eigenvalue weighted by Crippen LogP contribution is 2.32. The third kappa shape index (κ3) is 6.52. The van der Waals surface area contributed by atoms with Gasteiger partial charge in [-0.1, -0.05) is 0 Å². The predicted molar refractivity (Wildman–Crippen MR) is 127 cm³/mol. The minimum Gasteiger partial charge on any atom is -0.379 e. The summed E-state index contributed by atoms with van der Waals surface area (Å²) in [6, 6.07) is 7.11. The Morgan fingerprint density at radius 1 is 1.14 bits per heavy atom. The number of nitrogens with one attached hydrogen (secondary N) is 2. The second-order valence-electron chi connectivity index (χ2n) is 8.47. The normalized spacial score (nSPS) is 14.5. The standard InChI is InChI=1S/C24H27F2N7O2/c1-15-10-22(32-23(29-15)24(3,25)26)31-20-12-21(30-16(2)34)28-13-18(20)19-11-17(4-5-27-19)14-33-6-8-35-9-7-33/h4-5,10-13H,6-9,14H2,1-3H3,(H2,28,29,30,31,32,34). The molecule has 0 radical (unpaired) electrons. The van der Waals surface area contributed by atoms with Gasteiger partial charge in [0.2, 0.25) is 11.7 Å². The van der Waals surface area contributed by atoms with Crippen molar-refractivity contribution in [3.63, 3.8) is 0 Å². The Balaban J connectivity index is 1.70. The maximum Gasteiger partial charge on any atom is 0.303 e. The number of halogens is 2. The molecule has 0 spiro atoms. The number of amides is 1. The van der Waals surface area contributed by atoms with E-state index >= 15 is 0 Å². The van der Waals surface area contributed by atoms with E-state index in [4.69, 9.17) is 4.74 Å². The summed E-state index contributed by atoms with van der Waals surface area (Å²) in [5, 5.41) is 5.74. The van der Waals surface area contributed by atoms with E-state index < -0.39 is 11.7 Å². The van der Waals surface area contributed by atoms with E-state index in [1.165, 1.54) is 6.92 Å². The number of morpholine rings is 1. The van der Waals surface area contributed by atoms with Crippen LogP contribution < -0.4 is 10.6 Å². The number of carbonyl (C=O) groups excluding carboxylic acids is 1. The highest BCUT2D eigenvalue weighted by atomic mass is 19.3. The molecular formula is C24H27F2N7O2. The summed E-state index contributed by atoms with van der Waals surface area (Å²) in [6.45, 7) is 7.62. The number of anilines is 3. The summed E-state index contributed by atoms with van der Waals surface area (Å²) in [6.07, 6.45) is 3.30. The lowest BCUT2D eigenvalue weighted by atomic mass is 10.1. The molecule has 1 aliphatic rings. The Labute approximate surface area is 202 Å². The maximum atomic E-state index is 13.9. The molecule has 1 amide bonds. The van der Waals surface area contributed by atoms with Crippen LogP contribution in [0.2, 0.25) is 0 Å². The first-order valence-electron chi connectivity index (χ1n) is 11.2. The molecule has 11 heteroatoms. The van der Waals surface area contributed by atoms with Crippen molar-refractivity contribution < 1.29 is 18.3 Å². The number of aromatic nitrogens is 4. The van der Waals surface area contributed by atoms with E-state index in [0.717, 1.165) is 32.1 Å². The Kier molecular flexibility index (Phi) is 7.27. The number of alkyl halides is 2. The van der Waals surface area contributed by atoms with Crippen molar-refractivity contribution in [1.82, 2.24) is 24.8 Å². The van der Waals surface area contributed by atoms with Gasteiger partial charge in [0.1, 0.15) is 11.6 Å². The van der Waals surface area contributed by atoms with E-state index in [9.17, 15) is 13.6 Å². The first-order chi connectivity index (χ1) is 16.7. The van der Waals surface area contributed by atoms with E-state index in [1.54, 1.807) is 31.5 Å². The molecule has 0 atom stereocenters. The van der Waals surface area contributed by atoms with Crippen molar-refractivity contribution in [1.29, 1.82) is 0 Å². The average molecular weight is 484 g/mol. The number of carbonyl (C=O) groups is 1. The molecule has 0 bridgehead atoms. The highest BCUT2D eigenvalue weighted by molar-refractivity contribution is 5.89. The smallest absolute Gasteiger partial charge is 0.303 e. The lowest BCUT2D eigenvalue weighted by Crippen LogP contribution is -2.35. The maximum absolute atomic E-state index is 13.9. The molecule has 9 nitrogen and oxygen atoms in total. The van der Waals surface area contributed by atoms with Gasteiger partial charge in [0.25, 0.3) is 0 Å². The number of rotatable bonds is 7. The molecule has 0 aliphatic carbocycles. The fourth-order valence-electron chi connectivity index (χ4n) is 3.72. The second-order valence-corrected chi connectivity index (χ2v) is 8.47. The van der Waals surface area contributed by atoms with Crippen molar-refractivity contribution in [2.45, 2.75) is 33.2 Å². The van der Waals surface area contributed by atoms with E-state index in [0.29, 0.717) is 41.7 Å². The summed E-state index contributed by atoms with van der Waals surface area (Å²) in [4.78, 5) is 30.6. The van der Waals surface area contributed by atoms with E-state index in [-0.39, 0.29) is 11.7 Å². The number of aryl methyl sites for hydroxylation is 1. The van der Waals surface area contributed by atoms with Crippen LogP contribution in [-0.2, 0) is 22.0 Å². The topological polar surface area (TPSA) is 105 Å². The number of hydrogen-bond donors (Lipinski definition) is 2. The lowest BCUT2D eigenvalue weighted by Gasteiger charge is -2.26. The quantitative estimate of drug-likeness (QED) is 0.522. The number of nitrogens with zero attached hydrogens (tertiary/aromatic N) is 5. The molecule has 1 fully saturated rings. The van der Waals surface area contributed by atoms with Gasteiger partial charge in [0.15, 0.2) is 0 Å². The van der Waals surface area contributed by atoms with Gasteiger partial charge in [0, 0.05) is 69.3 Å². The average Bonchev–Trinajstić information content (AvgIpc) is 2.79. The van der Waals surface area contributed by atoms with Crippen LogP contribution in [0.3, 0.4) is 0 Å². The zero-order valence-corrected chi connectivity index (χ0v) is 19.8. The van der Waals surface area contributed by atoms with Gasteiger partial charge in [-0.25, -0.2) is 15.0 Å². The van der Waals surface area contributed by atoms with Crippen molar-refractivity contribution in [3.8, 4) is 11.3 Å². The van der Waals surface area contributed by atoms with Crippen LogP contribution in [0.4, 0.5) is 26.1 Å². The molecule has 0 saturated carbocycles. The van der Waals surface area contributed by atoms with Crippen LogP contribution in [0, 0.1) is 6.92 Å². The molecule has 184 valence electrons. The van der Waals surface area contributed by atoms with E-state index in [2.05, 4.69) is 35.5 Å². The highest BCUT2D eigenvalue weighted by Gasteiger charge is 2.29. The summed E-state index contributed by atoms with van der Waals surface area (Å²) >= 11 is 0. The Hall–Kier alpha value is -3.57. The molecule has 3 aromatic rings. The molecule has 2 N–H and O–H groups in total. The van der Waals surface area contributed by atoms with Crippen LogP contribution in [0.15, 0.2) is 36.7 Å². The van der Waals surface area contributed by atoms with Crippen LogP contribution in [0.25, 0.3) is 11.3 Å². The number of hydrogen-bond acceptors (Lipinski definition) is 8. The molecule has 1 aliphatic heterocycles. The summed E-state index contributed by atoms with van der Waals surface area (Å²) in [7, 11) is 0. The van der Waals surface area contributed by atoms with Crippen LogP contribution >= 0.6 is 0 Å². The number of ether oxygens (including phenoxy) is 1. The van der Waals surface area contributed by atoms with Gasteiger partial charge in [0.05, 0.1) is 24.6 Å². The lowest BCUT2D eigenvalue weighted by molar-refractivity contribution is -0.114. The summed E-state index contributed by atoms with van der Waals surface area (Å²) < 4.78 is 33.2. The third-order valence-corrected chi connectivity index (χ3v) is 5.33. The van der Waals surface area contributed by atoms with Crippen molar-refractivity contribution in [2.75, 3.05) is 36.9 Å². The zero-order valence-electron chi connectivity index (χ0n) is 19.8. The second kappa shape index (κ2) is 10.4. The molecule has 3 aromatic heterocycles. The minimum absolute atomic E-state index is 0.194. The first kappa shape index (κ1) is 24.6. The molecule has 0 unspecified atom stereocenters.